The zero-order valence-electron chi connectivity index (χ0n) is 16.3. The Morgan fingerprint density at radius 1 is 1.00 bits per heavy atom. The minimum Gasteiger partial charge on any atom is -0.330 e. The predicted molar refractivity (Wildman–Crippen MR) is 102 cm³/mol. The lowest BCUT2D eigenvalue weighted by Crippen LogP contribution is -2.52. The van der Waals surface area contributed by atoms with Crippen molar-refractivity contribution in [2.45, 2.75) is 38.5 Å². The molecule has 2 aromatic rings. The second-order valence-electron chi connectivity index (χ2n) is 7.93. The van der Waals surface area contributed by atoms with E-state index in [1.54, 1.807) is 12.1 Å². The van der Waals surface area contributed by atoms with Crippen LogP contribution in [0.1, 0.15) is 50.2 Å². The zero-order chi connectivity index (χ0) is 21.9. The molecule has 3 aliphatic heterocycles. The standard InChI is InChI=1S/C22H17F2N3O4/c23-16-4-2-12-8-26(10-15(12)19(16)24)21(30)11-1-3-14-13(7-11)9-27(22(14)31)17-5-6-18(28)25-20(17)29/h1-4,7,17H,5-6,8-10H2,(H,25,28,29). The molecule has 0 bridgehead atoms. The third-order valence-corrected chi connectivity index (χ3v) is 6.06. The molecule has 1 saturated heterocycles. The van der Waals surface area contributed by atoms with E-state index in [4.69, 9.17) is 0 Å². The second-order valence-corrected chi connectivity index (χ2v) is 7.93. The number of nitrogens with zero attached hydrogens (tertiary/aromatic N) is 2. The van der Waals surface area contributed by atoms with Crippen molar-refractivity contribution in [3.8, 4) is 0 Å². The van der Waals surface area contributed by atoms with Crippen LogP contribution in [0, 0.1) is 11.6 Å². The van der Waals surface area contributed by atoms with Gasteiger partial charge in [0.2, 0.25) is 11.8 Å². The summed E-state index contributed by atoms with van der Waals surface area (Å²) in [5.74, 6) is -3.43. The Morgan fingerprint density at radius 3 is 2.58 bits per heavy atom. The summed E-state index contributed by atoms with van der Waals surface area (Å²) < 4.78 is 27.5. The summed E-state index contributed by atoms with van der Waals surface area (Å²) in [6.07, 6.45) is 0.414. The van der Waals surface area contributed by atoms with Crippen molar-refractivity contribution < 1.29 is 28.0 Å². The van der Waals surface area contributed by atoms with E-state index in [9.17, 15) is 28.0 Å². The van der Waals surface area contributed by atoms with Gasteiger partial charge in [-0.2, -0.15) is 0 Å². The van der Waals surface area contributed by atoms with E-state index in [0.29, 0.717) is 22.3 Å². The lowest BCUT2D eigenvalue weighted by molar-refractivity contribution is -0.136. The highest BCUT2D eigenvalue weighted by molar-refractivity contribution is 6.06. The Hall–Kier alpha value is -3.62. The summed E-state index contributed by atoms with van der Waals surface area (Å²) in [5, 5.41) is 2.25. The van der Waals surface area contributed by atoms with Crippen molar-refractivity contribution >= 4 is 23.6 Å². The topological polar surface area (TPSA) is 86.8 Å². The van der Waals surface area contributed by atoms with Gasteiger partial charge >= 0.3 is 0 Å². The first kappa shape index (κ1) is 19.3. The molecule has 0 saturated carbocycles. The van der Waals surface area contributed by atoms with Gasteiger partial charge < -0.3 is 9.80 Å². The molecule has 9 heteroatoms. The zero-order valence-corrected chi connectivity index (χ0v) is 16.3. The van der Waals surface area contributed by atoms with Crippen LogP contribution >= 0.6 is 0 Å². The molecule has 31 heavy (non-hydrogen) atoms. The number of halogens is 2. The average Bonchev–Trinajstić information content (AvgIpc) is 3.32. The summed E-state index contributed by atoms with van der Waals surface area (Å²) >= 11 is 0. The number of nitrogens with one attached hydrogen (secondary N) is 1. The summed E-state index contributed by atoms with van der Waals surface area (Å²) in [6, 6.07) is 6.45. The largest absolute Gasteiger partial charge is 0.330 e. The fourth-order valence-electron chi connectivity index (χ4n) is 4.44. The van der Waals surface area contributed by atoms with Crippen LogP contribution in [0.4, 0.5) is 8.78 Å². The number of rotatable bonds is 2. The number of imide groups is 1. The molecule has 3 aliphatic rings. The van der Waals surface area contributed by atoms with Gasteiger partial charge in [0.25, 0.3) is 11.8 Å². The van der Waals surface area contributed by atoms with Crippen LogP contribution in [0.15, 0.2) is 30.3 Å². The molecule has 1 atom stereocenters. The fourth-order valence-corrected chi connectivity index (χ4v) is 4.44. The first-order chi connectivity index (χ1) is 14.8. The molecule has 158 valence electrons. The highest BCUT2D eigenvalue weighted by atomic mass is 19.2. The number of amides is 4. The van der Waals surface area contributed by atoms with Crippen LogP contribution in [0.5, 0.6) is 0 Å². The van der Waals surface area contributed by atoms with Gasteiger partial charge in [0.05, 0.1) is 0 Å². The van der Waals surface area contributed by atoms with E-state index in [-0.39, 0.29) is 55.8 Å². The first-order valence-electron chi connectivity index (χ1n) is 9.86. The third-order valence-electron chi connectivity index (χ3n) is 6.06. The van der Waals surface area contributed by atoms with Crippen molar-refractivity contribution in [1.82, 2.24) is 15.1 Å². The number of carbonyl (C=O) groups is 4. The average molecular weight is 425 g/mol. The Labute approximate surface area is 175 Å². The van der Waals surface area contributed by atoms with Crippen LogP contribution < -0.4 is 5.32 Å². The number of hydrogen-bond donors (Lipinski definition) is 1. The van der Waals surface area contributed by atoms with Gasteiger partial charge in [-0.05, 0) is 41.8 Å². The van der Waals surface area contributed by atoms with Gasteiger partial charge in [-0.1, -0.05) is 6.07 Å². The number of benzene rings is 2. The monoisotopic (exact) mass is 425 g/mol. The second kappa shape index (κ2) is 6.97. The Kier molecular flexibility index (Phi) is 4.35. The van der Waals surface area contributed by atoms with Gasteiger partial charge in [0, 0.05) is 42.7 Å². The van der Waals surface area contributed by atoms with Gasteiger partial charge in [-0.15, -0.1) is 0 Å². The van der Waals surface area contributed by atoms with Crippen LogP contribution in [0.3, 0.4) is 0 Å². The molecule has 2 aromatic carbocycles. The molecule has 0 aromatic heterocycles. The van der Waals surface area contributed by atoms with Gasteiger partial charge in [0.15, 0.2) is 11.6 Å². The molecule has 0 radical (unpaired) electrons. The van der Waals surface area contributed by atoms with Crippen molar-refractivity contribution in [2.24, 2.45) is 0 Å². The summed E-state index contributed by atoms with van der Waals surface area (Å²) in [5.41, 5.74) is 2.07. The predicted octanol–water partition coefficient (Wildman–Crippen LogP) is 1.88. The Bertz CT molecular complexity index is 1180. The minimum absolute atomic E-state index is 0.0316. The highest BCUT2D eigenvalue weighted by Crippen LogP contribution is 2.31. The summed E-state index contributed by atoms with van der Waals surface area (Å²) in [4.78, 5) is 52.1. The third kappa shape index (κ3) is 3.08. The fraction of sp³-hybridized carbons (Fsp3) is 0.273. The van der Waals surface area contributed by atoms with E-state index in [2.05, 4.69) is 5.32 Å². The molecule has 1 N–H and O–H groups in total. The smallest absolute Gasteiger partial charge is 0.255 e. The van der Waals surface area contributed by atoms with Crippen molar-refractivity contribution in [3.05, 3.63) is 69.8 Å². The maximum absolute atomic E-state index is 14.0. The molecular weight excluding hydrogens is 408 g/mol. The van der Waals surface area contributed by atoms with Crippen molar-refractivity contribution in [1.29, 1.82) is 0 Å². The molecule has 4 amide bonds. The summed E-state index contributed by atoms with van der Waals surface area (Å²) in [7, 11) is 0. The molecule has 5 rings (SSSR count). The lowest BCUT2D eigenvalue weighted by atomic mass is 10.0. The van der Waals surface area contributed by atoms with Crippen LogP contribution in [-0.4, -0.2) is 39.5 Å². The van der Waals surface area contributed by atoms with Crippen LogP contribution in [-0.2, 0) is 29.2 Å². The Balaban J connectivity index is 1.36. The van der Waals surface area contributed by atoms with Crippen LogP contribution in [0.25, 0.3) is 0 Å². The molecule has 3 heterocycles. The molecule has 0 aliphatic carbocycles. The van der Waals surface area contributed by atoms with Gasteiger partial charge in [-0.25, -0.2) is 8.78 Å². The number of fused-ring (bicyclic) bond motifs is 2. The number of piperidine rings is 1. The van der Waals surface area contributed by atoms with Crippen LogP contribution in [0.2, 0.25) is 0 Å². The molecule has 7 nitrogen and oxygen atoms in total. The number of hydrogen-bond acceptors (Lipinski definition) is 4. The van der Waals surface area contributed by atoms with Crippen molar-refractivity contribution in [2.75, 3.05) is 0 Å². The maximum Gasteiger partial charge on any atom is 0.255 e. The molecule has 0 spiro atoms. The molecule has 1 unspecified atom stereocenters. The van der Waals surface area contributed by atoms with Gasteiger partial charge in [-0.3, -0.25) is 24.5 Å². The highest BCUT2D eigenvalue weighted by Gasteiger charge is 2.39. The molecule has 1 fully saturated rings. The minimum atomic E-state index is -0.947. The van der Waals surface area contributed by atoms with E-state index in [1.165, 1.54) is 21.9 Å². The van der Waals surface area contributed by atoms with E-state index in [1.807, 2.05) is 0 Å². The first-order valence-corrected chi connectivity index (χ1v) is 9.86. The lowest BCUT2D eigenvalue weighted by Gasteiger charge is -2.29. The summed E-state index contributed by atoms with van der Waals surface area (Å²) in [6.45, 7) is 0.293. The van der Waals surface area contributed by atoms with Gasteiger partial charge in [0.1, 0.15) is 6.04 Å². The van der Waals surface area contributed by atoms with E-state index in [0.717, 1.165) is 6.07 Å². The quantitative estimate of drug-likeness (QED) is 0.745. The normalized spacial score (nSPS) is 20.1. The Morgan fingerprint density at radius 2 is 1.81 bits per heavy atom. The maximum atomic E-state index is 14.0. The number of carbonyl (C=O) groups excluding carboxylic acids is 4. The van der Waals surface area contributed by atoms with Crippen molar-refractivity contribution in [3.63, 3.8) is 0 Å². The van der Waals surface area contributed by atoms with E-state index >= 15 is 0 Å². The molecular formula is C22H17F2N3O4. The SMILES string of the molecule is O=C1CCC(N2Cc3cc(C(=O)N4Cc5ccc(F)c(F)c5C4)ccc3C2=O)C(=O)N1. The van der Waals surface area contributed by atoms with E-state index < -0.39 is 23.6 Å².